The molecule has 0 saturated heterocycles. The summed E-state index contributed by atoms with van der Waals surface area (Å²) < 4.78 is 10.5. The van der Waals surface area contributed by atoms with E-state index in [0.29, 0.717) is 0 Å². The van der Waals surface area contributed by atoms with Gasteiger partial charge in [-0.2, -0.15) is 0 Å². The summed E-state index contributed by atoms with van der Waals surface area (Å²) in [6, 6.07) is 7.70. The number of benzene rings is 1. The van der Waals surface area contributed by atoms with E-state index in [-0.39, 0.29) is 89.2 Å². The van der Waals surface area contributed by atoms with Crippen LogP contribution >= 0.6 is 7.60 Å². The Kier molecular flexibility index (Phi) is 14.4. The van der Waals surface area contributed by atoms with Gasteiger partial charge in [0.1, 0.15) is 0 Å². The standard InChI is InChI=1S/C6H7O3P.Al.Ca.Mg.7H/c7-10(8,9)6-4-2-1-3-5-6;;;;;;;;;;/h1-5H,(H2,7,8,9);;;;;;;;;;/q;;2*+2;;;;4*-1. The van der Waals surface area contributed by atoms with Gasteiger partial charge in [-0.05, 0) is 12.1 Å². The molecule has 0 aliphatic carbocycles. The van der Waals surface area contributed by atoms with Crippen LogP contribution in [-0.2, 0) is 4.57 Å². The molecular weight excluding hydrogens is 242 g/mol. The molecule has 1 rings (SSSR count). The molecule has 2 N–H and O–H groups in total. The summed E-state index contributed by atoms with van der Waals surface area (Å²) >= 11 is 0. The molecule has 0 atom stereocenters. The van der Waals surface area contributed by atoms with Gasteiger partial charge in [-0.1, -0.05) is 18.2 Å². The van der Waals surface area contributed by atoms with E-state index in [2.05, 4.69) is 0 Å². The monoisotopic (exact) mass is 256 g/mol. The Morgan fingerprint density at radius 1 is 1.15 bits per heavy atom. The molecule has 1 aromatic rings. The van der Waals surface area contributed by atoms with Crippen molar-refractivity contribution in [2.45, 2.75) is 0 Å². The van der Waals surface area contributed by atoms with Crippen molar-refractivity contribution in [3.8, 4) is 0 Å². The predicted octanol–water partition coefficient (Wildman–Crippen LogP) is -1.01. The Hall–Kier alpha value is 1.93. The third kappa shape index (κ3) is 7.81. The molecule has 3 nitrogen and oxygen atoms in total. The predicted molar refractivity (Wildman–Crippen MR) is 64.0 cm³/mol. The van der Waals surface area contributed by atoms with Gasteiger partial charge in [0.05, 0.1) is 5.30 Å². The minimum absolute atomic E-state index is 0. The molecule has 7 heteroatoms. The molecule has 0 heterocycles. The zero-order valence-electron chi connectivity index (χ0n) is 10.6. The summed E-state index contributed by atoms with van der Waals surface area (Å²) in [7, 11) is -4.02. The normalized spacial score (nSPS) is 8.77. The number of hydrogen-bond acceptors (Lipinski definition) is 1. The molecule has 0 fully saturated rings. The van der Waals surface area contributed by atoms with Crippen LogP contribution in [0.25, 0.3) is 0 Å². The van der Waals surface area contributed by atoms with Gasteiger partial charge in [0.15, 0.2) is 17.4 Å². The molecule has 0 amide bonds. The number of hydrogen-bond donors (Lipinski definition) is 2. The first-order chi connectivity index (χ1) is 4.61. The van der Waals surface area contributed by atoms with E-state index in [1.807, 2.05) is 0 Å². The smallest absolute Gasteiger partial charge is 1.00 e. The first-order valence-corrected chi connectivity index (χ1v) is 4.33. The average molecular weight is 257 g/mol. The van der Waals surface area contributed by atoms with Gasteiger partial charge in [-0.15, -0.1) is 0 Å². The minimum Gasteiger partial charge on any atom is -1.00 e. The summed E-state index contributed by atoms with van der Waals surface area (Å²) in [6.07, 6.45) is 0. The van der Waals surface area contributed by atoms with Crippen molar-refractivity contribution in [3.63, 3.8) is 0 Å². The molecular formula is C6H14AlCaMgO3P. The zero-order chi connectivity index (χ0) is 7.61. The third-order valence-corrected chi connectivity index (χ3v) is 2.06. The van der Waals surface area contributed by atoms with E-state index in [4.69, 9.17) is 9.79 Å². The van der Waals surface area contributed by atoms with Crippen LogP contribution in [0.15, 0.2) is 30.3 Å². The van der Waals surface area contributed by atoms with E-state index < -0.39 is 7.60 Å². The molecule has 13 heavy (non-hydrogen) atoms. The van der Waals surface area contributed by atoms with Crippen molar-refractivity contribution in [2.24, 2.45) is 0 Å². The zero-order valence-corrected chi connectivity index (χ0v) is 11.1. The van der Waals surface area contributed by atoms with Crippen LogP contribution in [0.4, 0.5) is 0 Å². The molecule has 0 aliphatic rings. The maximum absolute atomic E-state index is 10.5. The second-order valence-electron chi connectivity index (χ2n) is 1.88. The van der Waals surface area contributed by atoms with Crippen molar-refractivity contribution in [1.29, 1.82) is 0 Å². The Balaban J connectivity index is -0.0000000286. The summed E-state index contributed by atoms with van der Waals surface area (Å²) in [4.78, 5) is 17.2. The summed E-state index contributed by atoms with van der Waals surface area (Å²) in [5.74, 6) is 0. The van der Waals surface area contributed by atoms with Crippen LogP contribution in [-0.4, -0.2) is 87.9 Å². The van der Waals surface area contributed by atoms with Crippen LogP contribution in [0.5, 0.6) is 0 Å². The van der Waals surface area contributed by atoms with Crippen molar-refractivity contribution < 1.29 is 20.1 Å². The Morgan fingerprint density at radius 3 is 1.77 bits per heavy atom. The fourth-order valence-corrected chi connectivity index (χ4v) is 1.18. The maximum Gasteiger partial charge on any atom is 2.00 e. The van der Waals surface area contributed by atoms with Crippen LogP contribution in [0.2, 0.25) is 0 Å². The molecule has 0 aromatic heterocycles. The SMILES string of the molecule is O=P(O)(O)c1ccccc1.[AlH3].[Ca+2].[H-].[H-].[H-].[H-].[Mg+2]. The van der Waals surface area contributed by atoms with Crippen LogP contribution in [0.3, 0.4) is 0 Å². The Morgan fingerprint density at radius 2 is 1.54 bits per heavy atom. The van der Waals surface area contributed by atoms with Crippen LogP contribution < -0.4 is 5.30 Å². The van der Waals surface area contributed by atoms with Crippen molar-refractivity contribution in [2.75, 3.05) is 0 Å². The summed E-state index contributed by atoms with van der Waals surface area (Å²) in [6.45, 7) is 0. The summed E-state index contributed by atoms with van der Waals surface area (Å²) in [5, 5.41) is 0.0648. The number of rotatable bonds is 1. The molecule has 0 saturated carbocycles. The third-order valence-electron chi connectivity index (χ3n) is 1.09. The van der Waals surface area contributed by atoms with E-state index in [9.17, 15) is 4.57 Å². The largest absolute Gasteiger partial charge is 2.00 e. The van der Waals surface area contributed by atoms with Gasteiger partial charge in [-0.25, -0.2) is 0 Å². The van der Waals surface area contributed by atoms with Crippen molar-refractivity contribution in [1.82, 2.24) is 0 Å². The molecule has 68 valence electrons. The second-order valence-corrected chi connectivity index (χ2v) is 3.48. The Bertz CT molecular complexity index is 279. The molecule has 0 radical (unpaired) electrons. The molecule has 0 aliphatic heterocycles. The van der Waals surface area contributed by atoms with Crippen LogP contribution in [0.1, 0.15) is 5.71 Å². The van der Waals surface area contributed by atoms with E-state index in [1.54, 1.807) is 18.2 Å². The van der Waals surface area contributed by atoms with Gasteiger partial charge in [0, 0.05) is 0 Å². The average Bonchev–Trinajstić information content (AvgIpc) is 1.88. The fraction of sp³-hybridized carbons (Fsp3) is 0. The first kappa shape index (κ1) is 20.4. The molecule has 0 bridgehead atoms. The topological polar surface area (TPSA) is 57.5 Å². The van der Waals surface area contributed by atoms with E-state index in [0.717, 1.165) is 0 Å². The minimum atomic E-state index is -4.02. The van der Waals surface area contributed by atoms with Gasteiger partial charge in [0.2, 0.25) is 0 Å². The summed E-state index contributed by atoms with van der Waals surface area (Å²) in [5.41, 5.74) is 0. The van der Waals surface area contributed by atoms with Gasteiger partial charge >= 0.3 is 68.4 Å². The molecule has 0 unspecified atom stereocenters. The van der Waals surface area contributed by atoms with E-state index in [1.165, 1.54) is 12.1 Å². The van der Waals surface area contributed by atoms with E-state index >= 15 is 0 Å². The molecule has 0 spiro atoms. The fourth-order valence-electron chi connectivity index (χ4n) is 0.622. The quantitative estimate of drug-likeness (QED) is 0.500. The molecule has 1 aromatic carbocycles. The Labute approximate surface area is 140 Å². The first-order valence-electron chi connectivity index (χ1n) is 2.72. The van der Waals surface area contributed by atoms with Gasteiger partial charge in [-0.3, -0.25) is 4.57 Å². The van der Waals surface area contributed by atoms with Crippen molar-refractivity contribution >= 4 is 91.1 Å². The van der Waals surface area contributed by atoms with Gasteiger partial charge in [0.25, 0.3) is 0 Å². The maximum atomic E-state index is 10.5. The van der Waals surface area contributed by atoms with Gasteiger partial charge < -0.3 is 15.5 Å². The second kappa shape index (κ2) is 9.18. The van der Waals surface area contributed by atoms with Crippen LogP contribution in [0, 0.1) is 0 Å². The van der Waals surface area contributed by atoms with Crippen molar-refractivity contribution in [3.05, 3.63) is 30.3 Å².